The van der Waals surface area contributed by atoms with Crippen LogP contribution in [0.1, 0.15) is 41.5 Å². The number of hydrogen-bond acceptors (Lipinski definition) is 3. The van der Waals surface area contributed by atoms with Crippen LogP contribution >= 0.6 is 0 Å². The molecule has 5 nitrogen and oxygen atoms in total. The number of rotatable bonds is 1. The van der Waals surface area contributed by atoms with Crippen LogP contribution in [-0.2, 0) is 14.4 Å². The average Bonchev–Trinajstić information content (AvgIpc) is 2.63. The van der Waals surface area contributed by atoms with Gasteiger partial charge in [-0.05, 0) is 24.7 Å². The first kappa shape index (κ1) is 14.0. The zero-order valence-electron chi connectivity index (χ0n) is 12.5. The monoisotopic (exact) mass is 266 g/mol. The fourth-order valence-corrected chi connectivity index (χ4v) is 3.11. The molecule has 0 bridgehead atoms. The van der Waals surface area contributed by atoms with Crippen molar-refractivity contribution < 1.29 is 14.4 Å². The molecule has 5 heteroatoms. The summed E-state index contributed by atoms with van der Waals surface area (Å²) in [5.74, 6) is -1.05. The van der Waals surface area contributed by atoms with Crippen LogP contribution in [0.2, 0.25) is 0 Å². The summed E-state index contributed by atoms with van der Waals surface area (Å²) in [6.45, 7) is 11.5. The Morgan fingerprint density at radius 1 is 1.11 bits per heavy atom. The Balaban J connectivity index is 2.29. The molecule has 1 N–H and O–H groups in total. The number of amides is 3. The Labute approximate surface area is 113 Å². The van der Waals surface area contributed by atoms with Gasteiger partial charge in [-0.2, -0.15) is 0 Å². The van der Waals surface area contributed by atoms with Gasteiger partial charge in [0.15, 0.2) is 0 Å². The minimum atomic E-state index is -0.972. The van der Waals surface area contributed by atoms with Gasteiger partial charge in [0.1, 0.15) is 12.1 Å². The molecule has 2 aliphatic rings. The minimum absolute atomic E-state index is 0.0414. The summed E-state index contributed by atoms with van der Waals surface area (Å²) in [4.78, 5) is 37.5. The molecule has 106 valence electrons. The van der Waals surface area contributed by atoms with Crippen LogP contribution in [0.5, 0.6) is 0 Å². The van der Waals surface area contributed by atoms with E-state index < -0.39 is 17.4 Å². The molecule has 1 saturated carbocycles. The average molecular weight is 266 g/mol. The predicted octanol–water partition coefficient (Wildman–Crippen LogP) is 0.932. The van der Waals surface area contributed by atoms with Crippen molar-refractivity contribution in [2.75, 3.05) is 6.54 Å². The lowest BCUT2D eigenvalue weighted by molar-refractivity contribution is -0.156. The van der Waals surface area contributed by atoms with Gasteiger partial charge in [-0.1, -0.05) is 27.7 Å². The van der Waals surface area contributed by atoms with Gasteiger partial charge in [0, 0.05) is 5.92 Å². The summed E-state index contributed by atoms with van der Waals surface area (Å²) in [5, 5.41) is 2.28. The fourth-order valence-electron chi connectivity index (χ4n) is 3.11. The molecule has 1 saturated heterocycles. The molecule has 0 atom stereocenters. The number of carbonyl (C=O) groups excluding carboxylic acids is 3. The molecule has 0 unspecified atom stereocenters. The summed E-state index contributed by atoms with van der Waals surface area (Å²) in [6.07, 6.45) is 0. The predicted molar refractivity (Wildman–Crippen MR) is 70.0 cm³/mol. The van der Waals surface area contributed by atoms with E-state index in [1.807, 2.05) is 0 Å². The lowest BCUT2D eigenvalue weighted by Crippen LogP contribution is -2.66. The smallest absolute Gasteiger partial charge is 0.252 e. The number of nitrogens with one attached hydrogen (secondary N) is 1. The van der Waals surface area contributed by atoms with Crippen molar-refractivity contribution in [1.29, 1.82) is 0 Å². The van der Waals surface area contributed by atoms with Crippen LogP contribution in [0.4, 0.5) is 0 Å². The van der Waals surface area contributed by atoms with E-state index >= 15 is 0 Å². The van der Waals surface area contributed by atoms with Crippen LogP contribution in [0.3, 0.4) is 0 Å². The molecule has 0 aromatic heterocycles. The maximum atomic E-state index is 12.7. The summed E-state index contributed by atoms with van der Waals surface area (Å²) in [5.41, 5.74) is -1.17. The largest absolute Gasteiger partial charge is 0.319 e. The fraction of sp³-hybridized carbons (Fsp3) is 0.786. The Bertz CT molecular complexity index is 463. The highest BCUT2D eigenvalue weighted by Gasteiger charge is 2.69. The van der Waals surface area contributed by atoms with E-state index in [2.05, 4.69) is 33.0 Å². The second-order valence-electron chi connectivity index (χ2n) is 7.24. The Morgan fingerprint density at radius 3 is 2.00 bits per heavy atom. The first-order valence-corrected chi connectivity index (χ1v) is 6.60. The third kappa shape index (κ3) is 1.70. The molecule has 0 spiro atoms. The van der Waals surface area contributed by atoms with Crippen LogP contribution in [-0.4, -0.2) is 34.7 Å². The van der Waals surface area contributed by atoms with E-state index in [0.29, 0.717) is 0 Å². The van der Waals surface area contributed by atoms with Gasteiger partial charge in [0.25, 0.3) is 5.91 Å². The Kier molecular flexibility index (Phi) is 2.65. The topological polar surface area (TPSA) is 66.5 Å². The van der Waals surface area contributed by atoms with Crippen molar-refractivity contribution in [2.24, 2.45) is 16.7 Å². The van der Waals surface area contributed by atoms with Gasteiger partial charge in [-0.15, -0.1) is 0 Å². The third-order valence-electron chi connectivity index (χ3n) is 5.32. The van der Waals surface area contributed by atoms with Crippen molar-refractivity contribution in [3.8, 4) is 0 Å². The Morgan fingerprint density at radius 2 is 1.58 bits per heavy atom. The van der Waals surface area contributed by atoms with E-state index in [0.717, 1.165) is 0 Å². The second kappa shape index (κ2) is 3.58. The number of piperazine rings is 1. The molecule has 0 radical (unpaired) electrons. The molecule has 2 fully saturated rings. The number of hydrogen-bond donors (Lipinski definition) is 1. The van der Waals surface area contributed by atoms with Crippen LogP contribution < -0.4 is 5.32 Å². The summed E-state index contributed by atoms with van der Waals surface area (Å²) < 4.78 is 0. The van der Waals surface area contributed by atoms with Crippen LogP contribution in [0, 0.1) is 16.7 Å². The van der Waals surface area contributed by atoms with Crippen molar-refractivity contribution in [3.05, 3.63) is 0 Å². The minimum Gasteiger partial charge on any atom is -0.319 e. The molecular weight excluding hydrogens is 244 g/mol. The highest BCUT2D eigenvalue weighted by Crippen LogP contribution is 2.69. The number of imide groups is 1. The molecule has 19 heavy (non-hydrogen) atoms. The van der Waals surface area contributed by atoms with Crippen LogP contribution in [0.15, 0.2) is 0 Å². The van der Waals surface area contributed by atoms with Gasteiger partial charge >= 0.3 is 0 Å². The first-order chi connectivity index (χ1) is 8.44. The Hall–Kier alpha value is -1.39. The summed E-state index contributed by atoms with van der Waals surface area (Å²) in [6, 6.07) is 0. The normalized spacial score (nSPS) is 28.0. The quantitative estimate of drug-likeness (QED) is 0.718. The van der Waals surface area contributed by atoms with Gasteiger partial charge < -0.3 is 4.90 Å². The van der Waals surface area contributed by atoms with E-state index in [4.69, 9.17) is 0 Å². The van der Waals surface area contributed by atoms with Crippen molar-refractivity contribution >= 4 is 17.7 Å². The van der Waals surface area contributed by atoms with Crippen LogP contribution in [0.25, 0.3) is 0 Å². The number of nitrogens with zero attached hydrogens (tertiary/aromatic N) is 1. The molecule has 1 aliphatic heterocycles. The van der Waals surface area contributed by atoms with E-state index in [1.54, 1.807) is 13.8 Å². The molecule has 1 aliphatic carbocycles. The van der Waals surface area contributed by atoms with Gasteiger partial charge in [-0.3, -0.25) is 19.7 Å². The van der Waals surface area contributed by atoms with E-state index in [1.165, 1.54) is 4.90 Å². The number of carbonyl (C=O) groups is 3. The van der Waals surface area contributed by atoms with E-state index in [9.17, 15) is 14.4 Å². The standard InChI is InChI=1S/C14H22N2O3/c1-12(2)9(13(12,3)4)10(18)16-7-8(17)15-11(19)14(16,5)6/h9H,7H2,1-6H3,(H,15,17,19). The third-order valence-corrected chi connectivity index (χ3v) is 5.32. The van der Waals surface area contributed by atoms with Gasteiger partial charge in [0.05, 0.1) is 0 Å². The van der Waals surface area contributed by atoms with E-state index in [-0.39, 0.29) is 29.2 Å². The lowest BCUT2D eigenvalue weighted by Gasteiger charge is -2.40. The molecule has 1 heterocycles. The SMILES string of the molecule is CC1(C)C(=O)NC(=O)CN1C(=O)C1C(C)(C)C1(C)C. The molecular formula is C14H22N2O3. The van der Waals surface area contributed by atoms with Gasteiger partial charge in [0.2, 0.25) is 11.8 Å². The zero-order chi connectivity index (χ0) is 14.8. The van der Waals surface area contributed by atoms with Crippen molar-refractivity contribution in [1.82, 2.24) is 10.2 Å². The highest BCUT2D eigenvalue weighted by molar-refractivity contribution is 6.06. The zero-order valence-corrected chi connectivity index (χ0v) is 12.5. The maximum absolute atomic E-state index is 12.7. The van der Waals surface area contributed by atoms with Gasteiger partial charge in [-0.25, -0.2) is 0 Å². The first-order valence-electron chi connectivity index (χ1n) is 6.60. The summed E-state index contributed by atoms with van der Waals surface area (Å²) >= 11 is 0. The molecule has 2 rings (SSSR count). The molecule has 3 amide bonds. The van der Waals surface area contributed by atoms with Crippen molar-refractivity contribution in [3.63, 3.8) is 0 Å². The molecule has 0 aromatic carbocycles. The highest BCUT2D eigenvalue weighted by atomic mass is 16.2. The maximum Gasteiger partial charge on any atom is 0.252 e. The summed E-state index contributed by atoms with van der Waals surface area (Å²) in [7, 11) is 0. The second-order valence-corrected chi connectivity index (χ2v) is 7.24. The molecule has 0 aromatic rings. The van der Waals surface area contributed by atoms with Crippen molar-refractivity contribution in [2.45, 2.75) is 47.1 Å². The lowest BCUT2D eigenvalue weighted by atomic mass is 9.97.